The minimum atomic E-state index is -2.35. The molecule has 0 N–H and O–H groups in total. The van der Waals surface area contributed by atoms with E-state index in [2.05, 4.69) is 6.33 Å². The molecule has 0 aliphatic carbocycles. The summed E-state index contributed by atoms with van der Waals surface area (Å²) in [4.78, 5) is 5.64. The SMILES string of the molecule is [2H]c1c([2H])c([2H])c(-c2cccc(-c3c([2H])c([2H])c([2H])c([2H])c3[2H])c2-[n+]2[c-]n(-c3cccc(N(c4ccc5c6ccccc6n(-c6cc(C(C)(C)C)ccn6)c5c4)c4c(F)c(F)c(F)c(F)c4F)c3)c3ccccc32)c([2H])c1[2H]. The molecule has 11 aromatic rings. The average molecular weight is 912 g/mol. The molecule has 68 heavy (non-hydrogen) atoms. The van der Waals surface area contributed by atoms with Crippen molar-refractivity contribution in [2.75, 3.05) is 4.90 Å². The fraction of sp³-hybridized carbons (Fsp3) is 0.0690. The van der Waals surface area contributed by atoms with Gasteiger partial charge in [-0.2, -0.15) is 0 Å². The topological polar surface area (TPSA) is 29.9 Å². The molecule has 5 nitrogen and oxygen atoms in total. The number of anilines is 3. The van der Waals surface area contributed by atoms with Crippen LogP contribution in [0.15, 0.2) is 188 Å². The number of imidazole rings is 1. The lowest BCUT2D eigenvalue weighted by Gasteiger charge is -2.27. The smallest absolute Gasteiger partial charge is 0.269 e. The Morgan fingerprint density at radius 3 is 1.84 bits per heavy atom. The Kier molecular flexibility index (Phi) is 7.84. The molecule has 0 unspecified atom stereocenters. The molecule has 8 aromatic carbocycles. The first-order valence-electron chi connectivity index (χ1n) is 26.3. The third-order valence-electron chi connectivity index (χ3n) is 11.9. The van der Waals surface area contributed by atoms with E-state index in [1.807, 2.05) is 61.7 Å². The van der Waals surface area contributed by atoms with Gasteiger partial charge in [0.1, 0.15) is 11.5 Å². The van der Waals surface area contributed by atoms with Crippen LogP contribution in [0, 0.1) is 35.4 Å². The molecule has 10 heteroatoms. The van der Waals surface area contributed by atoms with E-state index in [9.17, 15) is 4.39 Å². The highest BCUT2D eigenvalue weighted by molar-refractivity contribution is 6.10. The molecule has 3 heterocycles. The quantitative estimate of drug-likeness (QED) is 0.0500. The lowest BCUT2D eigenvalue weighted by Crippen LogP contribution is -2.31. The van der Waals surface area contributed by atoms with Gasteiger partial charge in [0.25, 0.3) is 6.33 Å². The molecule has 0 radical (unpaired) electrons. The Balaban J connectivity index is 1.19. The summed E-state index contributed by atoms with van der Waals surface area (Å²) in [5.74, 6) is -10.4. The van der Waals surface area contributed by atoms with Crippen LogP contribution in [0.4, 0.5) is 39.0 Å². The third kappa shape index (κ3) is 6.99. The van der Waals surface area contributed by atoms with Crippen molar-refractivity contribution >= 4 is 49.9 Å². The standard InChI is InChI=1S/C58H40F5N5/c1-58(2,3)38-30-31-64-50(32-38)68-46-25-11-10-22-44(46)45-29-28-41(34-49(45)68)67(57-54(62)52(60)51(59)53(61)55(57)63)40-21-14-20-39(33-40)65-35-66(48-27-13-12-26-47(48)65)56-42(36-16-6-4-7-17-36)23-15-24-43(56)37-18-8-5-9-19-37/h4-34H,1-3H3/i4D,5D,6D,7D,8D,9D,16D,17D,18D,19D. The summed E-state index contributed by atoms with van der Waals surface area (Å²) in [6, 6.07) is 26.6. The lowest BCUT2D eigenvalue weighted by molar-refractivity contribution is -0.571. The number of para-hydroxylation sites is 4. The predicted molar refractivity (Wildman–Crippen MR) is 260 cm³/mol. The van der Waals surface area contributed by atoms with Crippen molar-refractivity contribution in [3.8, 4) is 39.4 Å². The van der Waals surface area contributed by atoms with Crippen LogP contribution in [0.3, 0.4) is 0 Å². The normalized spacial score (nSPS) is 13.9. The van der Waals surface area contributed by atoms with Gasteiger partial charge in [0, 0.05) is 28.3 Å². The second kappa shape index (κ2) is 16.5. The molecule has 11 rings (SSSR count). The zero-order chi connectivity index (χ0) is 55.5. The minimum absolute atomic E-state index is 0.0140. The predicted octanol–water partition coefficient (Wildman–Crippen LogP) is 15.0. The number of halogens is 5. The van der Waals surface area contributed by atoms with Gasteiger partial charge in [0.15, 0.2) is 23.3 Å². The number of fused-ring (bicyclic) bond motifs is 4. The first kappa shape index (κ1) is 32.3. The van der Waals surface area contributed by atoms with Crippen LogP contribution in [0.5, 0.6) is 0 Å². The second-order valence-electron chi connectivity index (χ2n) is 16.9. The molecule has 0 bridgehead atoms. The highest BCUT2D eigenvalue weighted by Gasteiger charge is 2.32. The second-order valence-corrected chi connectivity index (χ2v) is 16.9. The largest absolute Gasteiger partial charge is 0.306 e. The molecular weight excluding hydrogens is 862 g/mol. The summed E-state index contributed by atoms with van der Waals surface area (Å²) in [6.07, 6.45) is 4.93. The van der Waals surface area contributed by atoms with Crippen molar-refractivity contribution in [3.63, 3.8) is 0 Å². The van der Waals surface area contributed by atoms with Gasteiger partial charge >= 0.3 is 0 Å². The van der Waals surface area contributed by atoms with E-state index in [1.54, 1.807) is 48.7 Å². The van der Waals surface area contributed by atoms with Gasteiger partial charge in [-0.3, -0.25) is 13.7 Å². The number of hydrogen-bond donors (Lipinski definition) is 0. The van der Waals surface area contributed by atoms with Gasteiger partial charge in [0.2, 0.25) is 5.82 Å². The van der Waals surface area contributed by atoms with Crippen LogP contribution in [0.25, 0.3) is 72.3 Å². The summed E-state index contributed by atoms with van der Waals surface area (Å²) in [7, 11) is 0. The molecule has 0 fully saturated rings. The van der Waals surface area contributed by atoms with Crippen molar-refractivity contribution in [1.82, 2.24) is 14.1 Å². The van der Waals surface area contributed by atoms with Crippen LogP contribution in [-0.4, -0.2) is 14.1 Å². The number of nitrogens with zero attached hydrogens (tertiary/aromatic N) is 5. The highest BCUT2D eigenvalue weighted by atomic mass is 19.2. The summed E-state index contributed by atoms with van der Waals surface area (Å²) in [5.41, 5.74) is 0.717. The fourth-order valence-electron chi connectivity index (χ4n) is 8.69. The third-order valence-corrected chi connectivity index (χ3v) is 11.9. The van der Waals surface area contributed by atoms with Crippen molar-refractivity contribution in [2.24, 2.45) is 0 Å². The summed E-state index contributed by atoms with van der Waals surface area (Å²) in [5, 5.41) is 1.48. The molecule has 0 aliphatic heterocycles. The molecule has 0 spiro atoms. The average Bonchev–Trinajstić information content (AvgIpc) is 4.16. The monoisotopic (exact) mass is 911 g/mol. The van der Waals surface area contributed by atoms with E-state index in [1.165, 1.54) is 51.6 Å². The van der Waals surface area contributed by atoms with Gasteiger partial charge in [0.05, 0.1) is 47.1 Å². The Bertz CT molecular complexity index is 4190. The fourth-order valence-corrected chi connectivity index (χ4v) is 8.69. The van der Waals surface area contributed by atoms with Gasteiger partial charge in [-0.1, -0.05) is 154 Å². The molecule has 0 amide bonds. The summed E-state index contributed by atoms with van der Waals surface area (Å²) >= 11 is 0. The molecule has 0 aliphatic rings. The van der Waals surface area contributed by atoms with Crippen molar-refractivity contribution in [3.05, 3.63) is 229 Å². The van der Waals surface area contributed by atoms with E-state index in [-0.39, 0.29) is 50.4 Å². The molecule has 0 atom stereocenters. The van der Waals surface area contributed by atoms with Gasteiger partial charge < -0.3 is 4.90 Å². The Morgan fingerprint density at radius 1 is 0.574 bits per heavy atom. The lowest BCUT2D eigenvalue weighted by atomic mass is 9.88. The summed E-state index contributed by atoms with van der Waals surface area (Å²) < 4.78 is 171. The van der Waals surface area contributed by atoms with Crippen LogP contribution >= 0.6 is 0 Å². The number of benzene rings is 8. The molecule has 3 aromatic heterocycles. The molecular formula is C58H40F5N5. The maximum Gasteiger partial charge on any atom is 0.269 e. The van der Waals surface area contributed by atoms with Gasteiger partial charge in [-0.25, -0.2) is 26.9 Å². The van der Waals surface area contributed by atoms with Crippen molar-refractivity contribution in [1.29, 1.82) is 0 Å². The Labute approximate surface area is 402 Å². The van der Waals surface area contributed by atoms with E-state index in [0.717, 1.165) is 21.4 Å². The maximum absolute atomic E-state index is 16.5. The number of rotatable bonds is 8. The van der Waals surface area contributed by atoms with Gasteiger partial charge in [-0.05, 0) is 81.8 Å². The van der Waals surface area contributed by atoms with Crippen molar-refractivity contribution < 1.29 is 40.2 Å². The number of pyridine rings is 1. The first-order chi connectivity index (χ1) is 37.1. The van der Waals surface area contributed by atoms with Crippen LogP contribution < -0.4 is 9.47 Å². The summed E-state index contributed by atoms with van der Waals surface area (Å²) in [6.45, 7) is 6.14. The minimum Gasteiger partial charge on any atom is -0.306 e. The van der Waals surface area contributed by atoms with Crippen LogP contribution in [-0.2, 0) is 5.41 Å². The first-order valence-corrected chi connectivity index (χ1v) is 21.3. The van der Waals surface area contributed by atoms with E-state index < -0.39 is 95.2 Å². The molecule has 0 saturated carbocycles. The maximum atomic E-state index is 16.5. The highest BCUT2D eigenvalue weighted by Crippen LogP contribution is 2.44. The molecule has 332 valence electrons. The number of aromatic nitrogens is 4. The van der Waals surface area contributed by atoms with Crippen LogP contribution in [0.2, 0.25) is 0 Å². The van der Waals surface area contributed by atoms with E-state index in [4.69, 9.17) is 18.7 Å². The zero-order valence-electron chi connectivity index (χ0n) is 46.3. The zero-order valence-corrected chi connectivity index (χ0v) is 36.3. The van der Waals surface area contributed by atoms with Crippen LogP contribution in [0.1, 0.15) is 40.0 Å². The molecule has 0 saturated heterocycles. The van der Waals surface area contributed by atoms with Gasteiger partial charge in [-0.15, -0.1) is 0 Å². The Morgan fingerprint density at radius 2 is 1.16 bits per heavy atom. The van der Waals surface area contributed by atoms with Crippen molar-refractivity contribution in [2.45, 2.75) is 26.2 Å². The Hall–Kier alpha value is -8.37. The number of hydrogen-bond acceptors (Lipinski definition) is 2. The van der Waals surface area contributed by atoms with E-state index >= 15 is 17.6 Å². The van der Waals surface area contributed by atoms with E-state index in [0.29, 0.717) is 27.8 Å².